The lowest BCUT2D eigenvalue weighted by atomic mass is 9.96. The van der Waals surface area contributed by atoms with Crippen LogP contribution < -0.4 is 93.3 Å². The first-order valence-corrected chi connectivity index (χ1v) is 39.2. The van der Waals surface area contributed by atoms with E-state index in [9.17, 15) is 82.8 Å². The van der Waals surface area contributed by atoms with E-state index in [1.807, 2.05) is 0 Å². The largest absolute Gasteiger partial charge is 0.508 e. The molecule has 2 aromatic carbocycles. The second-order valence-corrected chi connectivity index (χ2v) is 30.2. The number of nitrogens with zero attached hydrogens (tertiary/aromatic N) is 4. The van der Waals surface area contributed by atoms with Crippen molar-refractivity contribution in [1.82, 2.24) is 63.0 Å². The third-order valence-corrected chi connectivity index (χ3v) is 19.6. The number of carbonyl (C=O) groups is 15. The monoisotopic (exact) mass is 1630 g/mol. The SMILES string of the molecule is CC[C@H](C)[C@H](NC(=O)[C@H](Cc1ccc(O)cc1)NC(=O)[C@@H]1CCCN1C(=O)[C@H](CCCN=C(N)N)NC(=O)[C@H](CCCN=C(N)N)NC(=O)[C@@H]1CCCN1C(=O)[C@H](CCCCN)NC(=O)[C@H](CC(N)=O)NC(=O)[C@H](CCC(=O)O)NC(=O)[C@H](Cc1ccc(O)cc1)NC(=O)[C@H](CC(C)C)NC(=O)[C@H](C)N)C(=O)N[C@@H](CC(C)C)C(=O)O. The van der Waals surface area contributed by atoms with Crippen LogP contribution in [0.2, 0.25) is 0 Å². The second kappa shape index (κ2) is 48.7. The van der Waals surface area contributed by atoms with Gasteiger partial charge in [0, 0.05) is 45.4 Å². The quantitative estimate of drug-likeness (QED) is 0.0172. The highest BCUT2D eigenvalue weighted by molar-refractivity contribution is 6.01. The summed E-state index contributed by atoms with van der Waals surface area (Å²) in [6.45, 7) is 11.9. The number of unbranched alkanes of at least 4 members (excludes halogenated alkanes) is 1. The van der Waals surface area contributed by atoms with Crippen molar-refractivity contribution in [2.45, 2.75) is 249 Å². The van der Waals surface area contributed by atoms with E-state index in [4.69, 9.17) is 40.1 Å². The average molecular weight is 1630 g/mol. The molecule has 2 fully saturated rings. The van der Waals surface area contributed by atoms with Gasteiger partial charge in [0.15, 0.2) is 11.9 Å². The summed E-state index contributed by atoms with van der Waals surface area (Å²) in [6.07, 6.45) is -1.53. The molecule has 40 heteroatoms. The number of rotatable bonds is 50. The Labute approximate surface area is 674 Å². The van der Waals surface area contributed by atoms with Crippen LogP contribution in [0.25, 0.3) is 0 Å². The normalized spacial score (nSPS) is 16.9. The lowest BCUT2D eigenvalue weighted by Gasteiger charge is -2.32. The molecule has 0 aliphatic carbocycles. The molecule has 0 radical (unpaired) electrons. The Hall–Kier alpha value is -11.5. The molecule has 2 aliphatic heterocycles. The number of phenolic OH excluding ortho intramolecular Hbond substituents is 2. The molecule has 2 heterocycles. The maximum absolute atomic E-state index is 15.1. The fraction of sp³-hybridized carbons (Fsp3) is 0.618. The van der Waals surface area contributed by atoms with Gasteiger partial charge >= 0.3 is 11.9 Å². The molecule has 0 bridgehead atoms. The predicted molar refractivity (Wildman–Crippen MR) is 425 cm³/mol. The molecule has 4 rings (SSSR count). The number of nitrogens with two attached hydrogens (primary N) is 7. The summed E-state index contributed by atoms with van der Waals surface area (Å²) in [5, 5.41) is 65.9. The first kappa shape index (κ1) is 96.9. The number of hydrogen-bond donors (Lipinski definition) is 21. The zero-order valence-electron chi connectivity index (χ0n) is 67.1. The highest BCUT2D eigenvalue weighted by atomic mass is 16.4. The summed E-state index contributed by atoms with van der Waals surface area (Å²) in [5.41, 5.74) is 40.7. The molecule has 14 atom stereocenters. The second-order valence-electron chi connectivity index (χ2n) is 30.2. The number of phenols is 2. The number of likely N-dealkylation sites (tertiary alicyclic amines) is 2. The van der Waals surface area contributed by atoms with Crippen LogP contribution in [-0.2, 0) is 84.8 Å². The number of aliphatic carboxylic acids is 2. The molecule has 2 aliphatic rings. The maximum atomic E-state index is 15.1. The van der Waals surface area contributed by atoms with Gasteiger partial charge in [0.05, 0.1) is 12.5 Å². The van der Waals surface area contributed by atoms with E-state index in [1.165, 1.54) is 65.3 Å². The van der Waals surface area contributed by atoms with Gasteiger partial charge in [0.25, 0.3) is 0 Å². The van der Waals surface area contributed by atoms with Crippen molar-refractivity contribution in [3.05, 3.63) is 59.7 Å². The number of aromatic hydroxyl groups is 2. The molecule has 40 nitrogen and oxygen atoms in total. The van der Waals surface area contributed by atoms with Gasteiger partial charge in [-0.15, -0.1) is 0 Å². The van der Waals surface area contributed by atoms with E-state index in [0.717, 1.165) is 0 Å². The smallest absolute Gasteiger partial charge is 0.326 e. The van der Waals surface area contributed by atoms with Gasteiger partial charge in [-0.3, -0.25) is 77.1 Å². The Morgan fingerprint density at radius 2 is 0.836 bits per heavy atom. The summed E-state index contributed by atoms with van der Waals surface area (Å²) in [4.78, 5) is 221. The minimum Gasteiger partial charge on any atom is -0.508 e. The lowest BCUT2D eigenvalue weighted by molar-refractivity contribution is -0.144. The van der Waals surface area contributed by atoms with Gasteiger partial charge in [0.2, 0.25) is 76.8 Å². The molecule has 644 valence electrons. The van der Waals surface area contributed by atoms with Crippen molar-refractivity contribution >= 4 is 101 Å². The summed E-state index contributed by atoms with van der Waals surface area (Å²) < 4.78 is 0. The predicted octanol–water partition coefficient (Wildman–Crippen LogP) is -3.74. The number of primary amides is 1. The topological polar surface area (TPSA) is 671 Å². The number of benzene rings is 2. The number of carboxylic acid groups (broad SMARTS) is 2. The lowest BCUT2D eigenvalue weighted by Crippen LogP contribution is -2.61. The molecule has 0 spiro atoms. The van der Waals surface area contributed by atoms with Crippen molar-refractivity contribution in [3.63, 3.8) is 0 Å². The van der Waals surface area contributed by atoms with Crippen LogP contribution >= 0.6 is 0 Å². The molecule has 2 aromatic rings. The van der Waals surface area contributed by atoms with Gasteiger partial charge < -0.3 is 124 Å². The minimum atomic E-state index is -1.92. The van der Waals surface area contributed by atoms with Crippen molar-refractivity contribution in [1.29, 1.82) is 0 Å². The summed E-state index contributed by atoms with van der Waals surface area (Å²) in [7, 11) is 0. The molecular weight excluding hydrogens is 1510 g/mol. The van der Waals surface area contributed by atoms with E-state index >= 15 is 9.59 Å². The molecule has 0 aromatic heterocycles. The van der Waals surface area contributed by atoms with Crippen molar-refractivity contribution in [2.24, 2.45) is 67.9 Å². The van der Waals surface area contributed by atoms with Crippen LogP contribution in [0, 0.1) is 17.8 Å². The van der Waals surface area contributed by atoms with Crippen LogP contribution in [0.3, 0.4) is 0 Å². The van der Waals surface area contributed by atoms with E-state index < -0.39 is 192 Å². The average Bonchev–Trinajstić information content (AvgIpc) is 1.61. The fourth-order valence-corrected chi connectivity index (χ4v) is 13.2. The maximum Gasteiger partial charge on any atom is 0.326 e. The number of carboxylic acids is 2. The Morgan fingerprint density at radius 1 is 0.457 bits per heavy atom. The van der Waals surface area contributed by atoms with Crippen LogP contribution in [0.15, 0.2) is 58.5 Å². The van der Waals surface area contributed by atoms with E-state index in [2.05, 4.69) is 63.2 Å². The van der Waals surface area contributed by atoms with E-state index in [-0.39, 0.29) is 158 Å². The van der Waals surface area contributed by atoms with Gasteiger partial charge in [-0.25, -0.2) is 4.79 Å². The number of carbonyl (C=O) groups excluding carboxylic acids is 13. The van der Waals surface area contributed by atoms with Crippen molar-refractivity contribution < 1.29 is 92.3 Å². The first-order chi connectivity index (χ1) is 54.7. The first-order valence-electron chi connectivity index (χ1n) is 39.2. The van der Waals surface area contributed by atoms with Crippen LogP contribution in [0.1, 0.15) is 169 Å². The molecule has 0 saturated carbocycles. The van der Waals surface area contributed by atoms with E-state index in [1.54, 1.807) is 41.5 Å². The van der Waals surface area contributed by atoms with Gasteiger partial charge in [-0.2, -0.15) is 0 Å². The van der Waals surface area contributed by atoms with Gasteiger partial charge in [-0.1, -0.05) is 72.2 Å². The van der Waals surface area contributed by atoms with Crippen LogP contribution in [0.5, 0.6) is 11.5 Å². The van der Waals surface area contributed by atoms with Gasteiger partial charge in [0.1, 0.15) is 84.0 Å². The number of guanidine groups is 2. The Kier molecular flexibility index (Phi) is 40.7. The van der Waals surface area contributed by atoms with Crippen LogP contribution in [-0.4, -0.2) is 242 Å². The zero-order valence-corrected chi connectivity index (χ0v) is 67.1. The third kappa shape index (κ3) is 33.2. The van der Waals surface area contributed by atoms with Crippen LogP contribution in [0.4, 0.5) is 0 Å². The van der Waals surface area contributed by atoms with Crippen molar-refractivity contribution in [3.8, 4) is 11.5 Å². The highest BCUT2D eigenvalue weighted by Crippen LogP contribution is 2.25. The minimum absolute atomic E-state index is 0.0104. The Bertz CT molecular complexity index is 3740. The Morgan fingerprint density at radius 3 is 1.28 bits per heavy atom. The third-order valence-electron chi connectivity index (χ3n) is 19.6. The molecule has 13 amide bonds. The zero-order chi connectivity index (χ0) is 86.6. The number of aliphatic imine (C=N–C) groups is 2. The Balaban J connectivity index is 1.67. The molecule has 0 unspecified atom stereocenters. The van der Waals surface area contributed by atoms with Gasteiger partial charge in [-0.05, 0) is 157 Å². The number of nitrogens with one attached hydrogen (secondary N) is 10. The molecule has 28 N–H and O–H groups in total. The number of hydrogen-bond acceptors (Lipinski definition) is 21. The van der Waals surface area contributed by atoms with E-state index in [0.29, 0.717) is 24.0 Å². The molecule has 116 heavy (non-hydrogen) atoms. The fourth-order valence-electron chi connectivity index (χ4n) is 13.2. The number of amides is 13. The van der Waals surface area contributed by atoms with Crippen molar-refractivity contribution in [2.75, 3.05) is 32.7 Å². The summed E-state index contributed by atoms with van der Waals surface area (Å²) >= 11 is 0. The molecule has 2 saturated heterocycles. The summed E-state index contributed by atoms with van der Waals surface area (Å²) in [6, 6.07) is -7.30. The standard InChI is InChI=1S/C76H121N21O19/c1-8-42(6)61(71(112)94-56(74(115)116)36-41(4)5)95-68(109)54(38-45-22-26-47(99)27-23-45)93-70(111)58-19-14-34-97(58)73(114)51(17-12-32-85-76(82)83)88-63(104)48(16-11-31-84-75(80)81)87-69(110)57-18-13-33-96(57)72(113)50(15-9-10-30-77)89-67(108)55(39-59(79)100)92-64(105)49(28-29-60(101)102)86-66(107)53(37-44-20-24-46(98)25-21-44)91-65(106)52(35-40(2)3)90-62(103)43(7)78/h20-27,40-43,48-58,61,98-99H,8-19,28-39,77-78H2,1-7H3,(H2,79,100)(H,86,107)(H,87,110)(H,88,104)(H,89,108)(H,90,103)(H,91,106)(H,92,105)(H,93,111)(H,94,112)(H,95,109)(H,101,102)(H,115,116)(H4,80,81,84)(H4,82,83,85)/t42-,43-,48-,49-,50-,51-,52-,53-,54-,55-,56-,57-,58-,61-/m0/s1. The molecular formula is C76H121N21O19. The highest BCUT2D eigenvalue weighted by Gasteiger charge is 2.44. The summed E-state index contributed by atoms with van der Waals surface area (Å²) in [5.74, 6) is -16.2.